The average Bonchev–Trinajstić information content (AvgIpc) is 2.27. The van der Waals surface area contributed by atoms with Crippen molar-refractivity contribution in [2.24, 2.45) is 5.73 Å². The van der Waals surface area contributed by atoms with Gasteiger partial charge in [0.25, 0.3) is 0 Å². The van der Waals surface area contributed by atoms with Crippen molar-refractivity contribution in [3.05, 3.63) is 29.8 Å². The average molecular weight is 208 g/mol. The number of nitrogens with zero attached hydrogens (tertiary/aromatic N) is 1. The van der Waals surface area contributed by atoms with Gasteiger partial charge in [0, 0.05) is 24.8 Å². The zero-order chi connectivity index (χ0) is 11.4. The molecule has 0 saturated heterocycles. The number of nitrogens with two attached hydrogens (primary N) is 1. The molecule has 0 spiro atoms. The van der Waals surface area contributed by atoms with E-state index in [9.17, 15) is 0 Å². The van der Waals surface area contributed by atoms with Crippen LogP contribution in [0.2, 0.25) is 0 Å². The quantitative estimate of drug-likeness (QED) is 0.788. The highest BCUT2D eigenvalue weighted by Crippen LogP contribution is 2.25. The highest BCUT2D eigenvalue weighted by atomic mass is 16.3. The first-order chi connectivity index (χ1) is 7.07. The molecule has 2 atom stereocenters. The molecule has 0 aliphatic rings. The van der Waals surface area contributed by atoms with E-state index in [1.54, 1.807) is 0 Å². The lowest BCUT2D eigenvalue weighted by Gasteiger charge is -2.28. The summed E-state index contributed by atoms with van der Waals surface area (Å²) in [5, 5.41) is 9.12. The molecule has 1 rings (SSSR count). The third kappa shape index (κ3) is 2.70. The van der Waals surface area contributed by atoms with E-state index in [0.717, 1.165) is 11.3 Å². The zero-order valence-electron chi connectivity index (χ0n) is 9.64. The van der Waals surface area contributed by atoms with E-state index >= 15 is 0 Å². The van der Waals surface area contributed by atoms with Crippen molar-refractivity contribution in [1.82, 2.24) is 0 Å². The molecule has 1 aromatic rings. The van der Waals surface area contributed by atoms with Gasteiger partial charge in [0.1, 0.15) is 0 Å². The van der Waals surface area contributed by atoms with Crippen molar-refractivity contribution in [1.29, 1.82) is 0 Å². The Morgan fingerprint density at radius 3 is 2.47 bits per heavy atom. The lowest BCUT2D eigenvalue weighted by Crippen LogP contribution is -2.33. The lowest BCUT2D eigenvalue weighted by molar-refractivity contribution is 0.270. The van der Waals surface area contributed by atoms with Gasteiger partial charge < -0.3 is 15.7 Å². The molecule has 3 N–H and O–H groups in total. The largest absolute Gasteiger partial charge is 0.394 e. The van der Waals surface area contributed by atoms with E-state index < -0.39 is 0 Å². The number of rotatable bonds is 4. The van der Waals surface area contributed by atoms with Crippen LogP contribution < -0.4 is 10.6 Å². The molecule has 0 amide bonds. The molecule has 15 heavy (non-hydrogen) atoms. The van der Waals surface area contributed by atoms with Crippen molar-refractivity contribution in [2.75, 3.05) is 18.6 Å². The molecule has 0 aliphatic heterocycles. The Labute approximate surface area is 91.5 Å². The molecule has 0 aliphatic carbocycles. The van der Waals surface area contributed by atoms with Crippen LogP contribution in [0.25, 0.3) is 0 Å². The fraction of sp³-hybridized carbons (Fsp3) is 0.500. The molecule has 0 heterocycles. The first kappa shape index (κ1) is 12.0. The number of likely N-dealkylation sites (N-methyl/N-ethyl adjacent to an activating group) is 1. The molecule has 3 heteroatoms. The fourth-order valence-corrected chi connectivity index (χ4v) is 1.55. The smallest absolute Gasteiger partial charge is 0.0632 e. The normalized spacial score (nSPS) is 14.7. The second kappa shape index (κ2) is 5.14. The van der Waals surface area contributed by atoms with Gasteiger partial charge in [-0.2, -0.15) is 0 Å². The van der Waals surface area contributed by atoms with Crippen LogP contribution in [0.1, 0.15) is 25.5 Å². The molecular weight excluding hydrogens is 188 g/mol. The van der Waals surface area contributed by atoms with Gasteiger partial charge in [0.15, 0.2) is 0 Å². The van der Waals surface area contributed by atoms with E-state index in [4.69, 9.17) is 10.8 Å². The van der Waals surface area contributed by atoms with Gasteiger partial charge in [-0.1, -0.05) is 18.2 Å². The van der Waals surface area contributed by atoms with Crippen molar-refractivity contribution >= 4 is 5.69 Å². The summed E-state index contributed by atoms with van der Waals surface area (Å²) in [6.45, 7) is 4.10. The Hall–Kier alpha value is -1.06. The summed E-state index contributed by atoms with van der Waals surface area (Å²) in [6.07, 6.45) is 0. The van der Waals surface area contributed by atoms with Gasteiger partial charge in [-0.15, -0.1) is 0 Å². The molecule has 3 nitrogen and oxygen atoms in total. The van der Waals surface area contributed by atoms with Crippen molar-refractivity contribution < 1.29 is 5.11 Å². The Balaban J connectivity index is 3.02. The summed E-state index contributed by atoms with van der Waals surface area (Å²) in [5.41, 5.74) is 8.11. The monoisotopic (exact) mass is 208 g/mol. The Kier molecular flexibility index (Phi) is 4.12. The second-order valence-corrected chi connectivity index (χ2v) is 3.99. The predicted molar refractivity (Wildman–Crippen MR) is 64.0 cm³/mol. The van der Waals surface area contributed by atoms with Crippen LogP contribution in [0.5, 0.6) is 0 Å². The summed E-state index contributed by atoms with van der Waals surface area (Å²) < 4.78 is 0. The summed E-state index contributed by atoms with van der Waals surface area (Å²) in [4.78, 5) is 2.05. The number of aliphatic hydroxyl groups excluding tert-OH is 1. The standard InChI is InChI=1S/C12H20N2O/c1-9(8-15)14(3)12-7-5-4-6-11(12)10(2)13/h4-7,9-10,15H,8,13H2,1-3H3/t9?,10-/m0/s1. The van der Waals surface area contributed by atoms with E-state index in [1.165, 1.54) is 0 Å². The highest BCUT2D eigenvalue weighted by Gasteiger charge is 2.13. The topological polar surface area (TPSA) is 49.5 Å². The maximum Gasteiger partial charge on any atom is 0.0632 e. The predicted octanol–water partition coefficient (Wildman–Crippen LogP) is 1.52. The van der Waals surface area contributed by atoms with Crippen LogP contribution in [-0.4, -0.2) is 24.8 Å². The first-order valence-corrected chi connectivity index (χ1v) is 5.26. The summed E-state index contributed by atoms with van der Waals surface area (Å²) in [5.74, 6) is 0. The molecule has 1 unspecified atom stereocenters. The number of anilines is 1. The molecular formula is C12H20N2O. The van der Waals surface area contributed by atoms with Gasteiger partial charge in [-0.3, -0.25) is 0 Å². The summed E-state index contributed by atoms with van der Waals surface area (Å²) in [6, 6.07) is 8.15. The molecule has 84 valence electrons. The second-order valence-electron chi connectivity index (χ2n) is 3.99. The van der Waals surface area contributed by atoms with Gasteiger partial charge in [0.2, 0.25) is 0 Å². The van der Waals surface area contributed by atoms with E-state index in [2.05, 4.69) is 4.90 Å². The summed E-state index contributed by atoms with van der Waals surface area (Å²) in [7, 11) is 1.97. The Bertz CT molecular complexity index is 312. The number of benzene rings is 1. The minimum Gasteiger partial charge on any atom is -0.394 e. The number of para-hydroxylation sites is 1. The first-order valence-electron chi connectivity index (χ1n) is 5.26. The SMILES string of the molecule is CC(CO)N(C)c1ccccc1[C@H](C)N. The minimum atomic E-state index is 0.00884. The van der Waals surface area contributed by atoms with E-state index in [-0.39, 0.29) is 18.7 Å². The highest BCUT2D eigenvalue weighted by molar-refractivity contribution is 5.54. The molecule has 0 bridgehead atoms. The molecule has 0 radical (unpaired) electrons. The van der Waals surface area contributed by atoms with Crippen LogP contribution in [0.4, 0.5) is 5.69 Å². The number of aliphatic hydroxyl groups is 1. The van der Waals surface area contributed by atoms with Crippen molar-refractivity contribution in [3.63, 3.8) is 0 Å². The fourth-order valence-electron chi connectivity index (χ4n) is 1.55. The maximum absolute atomic E-state index is 9.12. The number of hydrogen-bond donors (Lipinski definition) is 2. The van der Waals surface area contributed by atoms with Crippen LogP contribution in [0, 0.1) is 0 Å². The van der Waals surface area contributed by atoms with Crippen LogP contribution in [0.3, 0.4) is 0 Å². The van der Waals surface area contributed by atoms with Crippen molar-refractivity contribution in [2.45, 2.75) is 25.9 Å². The van der Waals surface area contributed by atoms with Crippen LogP contribution >= 0.6 is 0 Å². The van der Waals surface area contributed by atoms with Crippen molar-refractivity contribution in [3.8, 4) is 0 Å². The van der Waals surface area contributed by atoms with Gasteiger partial charge in [-0.05, 0) is 25.5 Å². The molecule has 0 saturated carbocycles. The zero-order valence-corrected chi connectivity index (χ0v) is 9.64. The lowest BCUT2D eigenvalue weighted by atomic mass is 10.1. The van der Waals surface area contributed by atoms with Gasteiger partial charge >= 0.3 is 0 Å². The number of hydrogen-bond acceptors (Lipinski definition) is 3. The Morgan fingerprint density at radius 1 is 1.33 bits per heavy atom. The third-order valence-electron chi connectivity index (χ3n) is 2.73. The molecule has 0 aromatic heterocycles. The minimum absolute atomic E-state index is 0.00884. The van der Waals surface area contributed by atoms with E-state index in [1.807, 2.05) is 45.2 Å². The summed E-state index contributed by atoms with van der Waals surface area (Å²) >= 11 is 0. The van der Waals surface area contributed by atoms with Gasteiger partial charge in [0.05, 0.1) is 6.61 Å². The van der Waals surface area contributed by atoms with Gasteiger partial charge in [-0.25, -0.2) is 0 Å². The Morgan fingerprint density at radius 2 is 1.93 bits per heavy atom. The molecule has 1 aromatic carbocycles. The van der Waals surface area contributed by atoms with E-state index in [0.29, 0.717) is 0 Å². The molecule has 0 fully saturated rings. The third-order valence-corrected chi connectivity index (χ3v) is 2.73. The van der Waals surface area contributed by atoms with Crippen LogP contribution in [0.15, 0.2) is 24.3 Å². The van der Waals surface area contributed by atoms with Crippen LogP contribution in [-0.2, 0) is 0 Å². The maximum atomic E-state index is 9.12.